The van der Waals surface area contributed by atoms with Crippen molar-refractivity contribution < 1.29 is 9.53 Å². The van der Waals surface area contributed by atoms with Crippen LogP contribution in [0.4, 0.5) is 5.82 Å². The van der Waals surface area contributed by atoms with E-state index < -0.39 is 5.56 Å². The van der Waals surface area contributed by atoms with Gasteiger partial charge in [0.2, 0.25) is 0 Å². The third-order valence-corrected chi connectivity index (χ3v) is 4.40. The molecule has 0 radical (unpaired) electrons. The Bertz CT molecular complexity index is 854. The van der Waals surface area contributed by atoms with Crippen LogP contribution in [0.15, 0.2) is 29.5 Å². The molecule has 0 spiro atoms. The van der Waals surface area contributed by atoms with Crippen molar-refractivity contribution in [2.24, 2.45) is 0 Å². The lowest BCUT2D eigenvalue weighted by molar-refractivity contribution is 0.0528. The van der Waals surface area contributed by atoms with E-state index in [0.717, 1.165) is 12.8 Å². The molecule has 1 atom stereocenters. The number of aromatic amines is 1. The molecule has 1 aliphatic heterocycles. The van der Waals surface area contributed by atoms with E-state index in [0.29, 0.717) is 30.4 Å². The molecule has 1 aliphatic rings. The summed E-state index contributed by atoms with van der Waals surface area (Å²) in [5.41, 5.74) is -0.0642. The Morgan fingerprint density at radius 2 is 2.15 bits per heavy atom. The summed E-state index contributed by atoms with van der Waals surface area (Å²) in [5, 5.41) is -0.00385. The van der Waals surface area contributed by atoms with Crippen LogP contribution in [0.25, 0.3) is 0 Å². The molecule has 3 heterocycles. The van der Waals surface area contributed by atoms with E-state index in [1.165, 1.54) is 12.3 Å². The Hall–Kier alpha value is -2.61. The van der Waals surface area contributed by atoms with Crippen LogP contribution >= 0.6 is 11.6 Å². The summed E-state index contributed by atoms with van der Waals surface area (Å²) in [6, 6.07) is 1.39. The first-order valence-electron chi connectivity index (χ1n) is 8.28. The number of hydrogen-bond acceptors (Lipinski definition) is 6. The lowest BCUT2D eigenvalue weighted by Crippen LogP contribution is -2.44. The topological polar surface area (TPSA) is 91.4 Å². The van der Waals surface area contributed by atoms with Gasteiger partial charge in [0.05, 0.1) is 12.1 Å². The number of nitrogens with zero attached hydrogens (tertiary/aromatic N) is 4. The first-order chi connectivity index (χ1) is 12.5. The third kappa shape index (κ3) is 3.96. The SMILES string of the molecule is CN(C)c1nccnc1OC1CCCN(C(=O)c2c[nH]c(=O)c(Cl)c2)C1. The second-order valence-electron chi connectivity index (χ2n) is 6.28. The van der Waals surface area contributed by atoms with Gasteiger partial charge in [0.25, 0.3) is 17.3 Å². The highest BCUT2D eigenvalue weighted by atomic mass is 35.5. The molecule has 1 saturated heterocycles. The van der Waals surface area contributed by atoms with Crippen LogP contribution < -0.4 is 15.2 Å². The number of anilines is 1. The summed E-state index contributed by atoms with van der Waals surface area (Å²) in [6.07, 6.45) is 6.02. The Morgan fingerprint density at radius 1 is 1.38 bits per heavy atom. The summed E-state index contributed by atoms with van der Waals surface area (Å²) < 4.78 is 6.01. The van der Waals surface area contributed by atoms with Crippen LogP contribution in [0.2, 0.25) is 5.02 Å². The Labute approximate surface area is 155 Å². The monoisotopic (exact) mass is 377 g/mol. The van der Waals surface area contributed by atoms with E-state index in [2.05, 4.69) is 15.0 Å². The molecule has 3 rings (SSSR count). The number of rotatable bonds is 4. The number of hydrogen-bond donors (Lipinski definition) is 1. The number of aromatic nitrogens is 3. The van der Waals surface area contributed by atoms with Crippen molar-refractivity contribution in [2.75, 3.05) is 32.1 Å². The normalized spacial score (nSPS) is 17.0. The number of ether oxygens (including phenoxy) is 1. The van der Waals surface area contributed by atoms with E-state index in [1.807, 2.05) is 19.0 Å². The minimum absolute atomic E-state index is 0.00385. The van der Waals surface area contributed by atoms with Gasteiger partial charge in [-0.1, -0.05) is 11.6 Å². The van der Waals surface area contributed by atoms with E-state index in [1.54, 1.807) is 17.3 Å². The lowest BCUT2D eigenvalue weighted by Gasteiger charge is -2.33. The second kappa shape index (κ2) is 7.74. The Kier molecular flexibility index (Phi) is 5.41. The fourth-order valence-corrected chi connectivity index (χ4v) is 3.02. The predicted molar refractivity (Wildman–Crippen MR) is 98.0 cm³/mol. The molecule has 9 heteroatoms. The van der Waals surface area contributed by atoms with Crippen LogP contribution in [0.3, 0.4) is 0 Å². The number of amides is 1. The zero-order valence-electron chi connectivity index (χ0n) is 14.6. The van der Waals surface area contributed by atoms with Crippen molar-refractivity contribution in [1.29, 1.82) is 0 Å². The maximum absolute atomic E-state index is 12.7. The summed E-state index contributed by atoms with van der Waals surface area (Å²) in [5.74, 6) is 0.899. The first kappa shape index (κ1) is 18.2. The van der Waals surface area contributed by atoms with Crippen LogP contribution in [0.1, 0.15) is 23.2 Å². The van der Waals surface area contributed by atoms with Crippen molar-refractivity contribution in [1.82, 2.24) is 19.9 Å². The number of carbonyl (C=O) groups is 1. The van der Waals surface area contributed by atoms with Crippen LogP contribution in [-0.2, 0) is 0 Å². The molecule has 0 aromatic carbocycles. The lowest BCUT2D eigenvalue weighted by atomic mass is 10.1. The molecule has 138 valence electrons. The van der Waals surface area contributed by atoms with Gasteiger partial charge in [-0.3, -0.25) is 9.59 Å². The quantitative estimate of drug-likeness (QED) is 0.869. The highest BCUT2D eigenvalue weighted by Gasteiger charge is 2.27. The van der Waals surface area contributed by atoms with Crippen molar-refractivity contribution in [3.05, 3.63) is 45.6 Å². The molecule has 0 saturated carbocycles. The molecule has 0 aliphatic carbocycles. The van der Waals surface area contributed by atoms with Gasteiger partial charge in [0, 0.05) is 39.2 Å². The highest BCUT2D eigenvalue weighted by Crippen LogP contribution is 2.24. The van der Waals surface area contributed by atoms with Gasteiger partial charge in [-0.25, -0.2) is 9.97 Å². The van der Waals surface area contributed by atoms with E-state index in [9.17, 15) is 9.59 Å². The maximum Gasteiger partial charge on any atom is 0.266 e. The van der Waals surface area contributed by atoms with Gasteiger partial charge in [0.15, 0.2) is 5.82 Å². The third-order valence-electron chi connectivity index (χ3n) is 4.12. The van der Waals surface area contributed by atoms with Crippen LogP contribution in [0, 0.1) is 0 Å². The number of nitrogens with one attached hydrogen (secondary N) is 1. The smallest absolute Gasteiger partial charge is 0.266 e. The van der Waals surface area contributed by atoms with Gasteiger partial charge in [-0.2, -0.15) is 0 Å². The number of carbonyl (C=O) groups excluding carboxylic acids is 1. The molecular weight excluding hydrogens is 358 g/mol. The average molecular weight is 378 g/mol. The number of H-pyrrole nitrogens is 1. The van der Waals surface area contributed by atoms with Gasteiger partial charge < -0.3 is 19.5 Å². The maximum atomic E-state index is 12.7. The Balaban J connectivity index is 1.72. The average Bonchev–Trinajstić information content (AvgIpc) is 2.64. The fraction of sp³-hybridized carbons (Fsp3) is 0.412. The van der Waals surface area contributed by atoms with E-state index in [-0.39, 0.29) is 17.0 Å². The Morgan fingerprint density at radius 3 is 2.88 bits per heavy atom. The zero-order valence-corrected chi connectivity index (χ0v) is 15.4. The molecule has 0 bridgehead atoms. The van der Waals surface area contributed by atoms with Crippen LogP contribution in [0.5, 0.6) is 5.88 Å². The number of halogens is 1. The number of pyridine rings is 1. The van der Waals surface area contributed by atoms with Crippen molar-refractivity contribution >= 4 is 23.3 Å². The standard InChI is InChI=1S/C17H20ClN5O3/c1-22(2)14-16(20-6-5-19-14)26-12-4-3-7-23(10-12)17(25)11-8-13(18)15(24)21-9-11/h5-6,8-9,12H,3-4,7,10H2,1-2H3,(H,21,24). The molecule has 2 aromatic rings. The van der Waals surface area contributed by atoms with Crippen LogP contribution in [-0.4, -0.2) is 59.0 Å². The molecule has 1 amide bonds. The van der Waals surface area contributed by atoms with E-state index >= 15 is 0 Å². The molecule has 8 nitrogen and oxygen atoms in total. The number of piperidine rings is 1. The van der Waals surface area contributed by atoms with Gasteiger partial charge in [-0.05, 0) is 18.9 Å². The van der Waals surface area contributed by atoms with Gasteiger partial charge in [0.1, 0.15) is 11.1 Å². The summed E-state index contributed by atoms with van der Waals surface area (Å²) >= 11 is 5.82. The van der Waals surface area contributed by atoms with Gasteiger partial charge in [-0.15, -0.1) is 0 Å². The molecule has 1 N–H and O–H groups in total. The molecule has 1 unspecified atom stereocenters. The minimum Gasteiger partial charge on any atom is -0.470 e. The molecular formula is C17H20ClN5O3. The summed E-state index contributed by atoms with van der Waals surface area (Å²) in [4.78, 5) is 38.6. The van der Waals surface area contributed by atoms with Crippen molar-refractivity contribution in [2.45, 2.75) is 18.9 Å². The minimum atomic E-state index is -0.415. The van der Waals surface area contributed by atoms with Gasteiger partial charge >= 0.3 is 0 Å². The van der Waals surface area contributed by atoms with Crippen molar-refractivity contribution in [3.8, 4) is 5.88 Å². The molecule has 26 heavy (non-hydrogen) atoms. The number of likely N-dealkylation sites (tertiary alicyclic amines) is 1. The first-order valence-corrected chi connectivity index (χ1v) is 8.66. The second-order valence-corrected chi connectivity index (χ2v) is 6.69. The van der Waals surface area contributed by atoms with Crippen molar-refractivity contribution in [3.63, 3.8) is 0 Å². The zero-order chi connectivity index (χ0) is 18.7. The highest BCUT2D eigenvalue weighted by molar-refractivity contribution is 6.30. The summed E-state index contributed by atoms with van der Waals surface area (Å²) in [7, 11) is 3.74. The fourth-order valence-electron chi connectivity index (χ4n) is 2.85. The summed E-state index contributed by atoms with van der Waals surface area (Å²) in [6.45, 7) is 1.05. The van der Waals surface area contributed by atoms with E-state index in [4.69, 9.17) is 16.3 Å². The predicted octanol–water partition coefficient (Wildman–Crippen LogP) is 1.57. The largest absolute Gasteiger partial charge is 0.470 e. The molecule has 2 aromatic heterocycles. The molecule has 1 fully saturated rings.